The van der Waals surface area contributed by atoms with Crippen molar-refractivity contribution >= 4 is 37.7 Å². The molecule has 0 spiro atoms. The first-order chi connectivity index (χ1) is 9.51. The molecule has 0 amide bonds. The summed E-state index contributed by atoms with van der Waals surface area (Å²) in [6.07, 6.45) is 5.10. The first-order valence-corrected chi connectivity index (χ1v) is 10.2. The third-order valence-corrected chi connectivity index (χ3v) is 5.97. The summed E-state index contributed by atoms with van der Waals surface area (Å²) < 4.78 is 27.5. The van der Waals surface area contributed by atoms with Gasteiger partial charge in [-0.2, -0.15) is 11.8 Å². The number of nitrogens with one attached hydrogen (secondary N) is 1. The van der Waals surface area contributed by atoms with Crippen molar-refractivity contribution < 1.29 is 8.42 Å². The number of hydrogen-bond donors (Lipinski definition) is 2. The van der Waals surface area contributed by atoms with Crippen LogP contribution in [-0.2, 0) is 16.6 Å². The fourth-order valence-electron chi connectivity index (χ4n) is 1.72. The monoisotopic (exact) mass is 380 g/mol. The van der Waals surface area contributed by atoms with Crippen LogP contribution in [0.4, 0.5) is 0 Å². The van der Waals surface area contributed by atoms with Gasteiger partial charge in [-0.3, -0.25) is 0 Å². The fourth-order valence-corrected chi connectivity index (χ4v) is 4.41. The Hall–Kier alpha value is -0.0800. The Labute approximate surface area is 134 Å². The van der Waals surface area contributed by atoms with E-state index in [1.165, 1.54) is 0 Å². The first-order valence-electron chi connectivity index (χ1n) is 6.48. The summed E-state index contributed by atoms with van der Waals surface area (Å²) >= 11 is 5.10. The van der Waals surface area contributed by atoms with E-state index < -0.39 is 10.0 Å². The van der Waals surface area contributed by atoms with Crippen LogP contribution in [0.3, 0.4) is 0 Å². The lowest BCUT2D eigenvalue weighted by Crippen LogP contribution is -2.25. The molecule has 1 aromatic carbocycles. The lowest BCUT2D eigenvalue weighted by Gasteiger charge is -2.09. The van der Waals surface area contributed by atoms with Crippen LogP contribution in [0.2, 0.25) is 0 Å². The normalized spacial score (nSPS) is 11.8. The van der Waals surface area contributed by atoms with E-state index >= 15 is 0 Å². The van der Waals surface area contributed by atoms with Gasteiger partial charge in [-0.15, -0.1) is 0 Å². The van der Waals surface area contributed by atoms with Gasteiger partial charge in [0.15, 0.2) is 0 Å². The zero-order valence-corrected chi connectivity index (χ0v) is 14.8. The fraction of sp³-hybridized carbons (Fsp3) is 0.538. The highest BCUT2D eigenvalue weighted by atomic mass is 79.9. The van der Waals surface area contributed by atoms with E-state index in [2.05, 4.69) is 26.9 Å². The number of benzene rings is 1. The minimum Gasteiger partial charge on any atom is -0.326 e. The summed E-state index contributed by atoms with van der Waals surface area (Å²) in [6, 6.07) is 5.06. The molecule has 0 radical (unpaired) electrons. The SMILES string of the molecule is CSCCCCCNS(=O)(=O)c1ccc(CN)cc1Br. The second kappa shape index (κ2) is 9.04. The Balaban J connectivity index is 2.56. The molecule has 20 heavy (non-hydrogen) atoms. The molecule has 0 aromatic heterocycles. The Kier molecular flexibility index (Phi) is 8.13. The van der Waals surface area contributed by atoms with Gasteiger partial charge in [0.1, 0.15) is 0 Å². The summed E-state index contributed by atoms with van der Waals surface area (Å²) in [6.45, 7) is 0.865. The van der Waals surface area contributed by atoms with Crippen LogP contribution in [0, 0.1) is 0 Å². The third-order valence-electron chi connectivity index (χ3n) is 2.84. The van der Waals surface area contributed by atoms with E-state index in [1.54, 1.807) is 18.2 Å². The Morgan fingerprint density at radius 3 is 2.65 bits per heavy atom. The minimum absolute atomic E-state index is 0.263. The molecular formula is C13H21BrN2O2S2. The van der Waals surface area contributed by atoms with Crippen molar-refractivity contribution in [3.05, 3.63) is 28.2 Å². The number of halogens is 1. The first kappa shape index (κ1) is 18.0. The van der Waals surface area contributed by atoms with Crippen LogP contribution in [0.5, 0.6) is 0 Å². The van der Waals surface area contributed by atoms with Gasteiger partial charge in [0.25, 0.3) is 0 Å². The van der Waals surface area contributed by atoms with Gasteiger partial charge in [-0.25, -0.2) is 13.1 Å². The quantitative estimate of drug-likeness (QED) is 0.646. The van der Waals surface area contributed by atoms with E-state index in [4.69, 9.17) is 5.73 Å². The van der Waals surface area contributed by atoms with Crippen LogP contribution in [0.25, 0.3) is 0 Å². The lowest BCUT2D eigenvalue weighted by molar-refractivity contribution is 0.575. The van der Waals surface area contributed by atoms with Gasteiger partial charge in [0, 0.05) is 17.6 Å². The van der Waals surface area contributed by atoms with E-state index in [9.17, 15) is 8.42 Å². The number of unbranched alkanes of at least 4 members (excludes halogenated alkanes) is 2. The molecule has 0 unspecified atom stereocenters. The maximum Gasteiger partial charge on any atom is 0.241 e. The van der Waals surface area contributed by atoms with Crippen molar-refractivity contribution in [1.29, 1.82) is 0 Å². The van der Waals surface area contributed by atoms with Gasteiger partial charge < -0.3 is 5.73 Å². The molecule has 114 valence electrons. The van der Waals surface area contributed by atoms with Crippen molar-refractivity contribution in [1.82, 2.24) is 4.72 Å². The molecule has 0 aliphatic rings. The van der Waals surface area contributed by atoms with Crippen molar-refractivity contribution in [2.24, 2.45) is 5.73 Å². The molecule has 0 heterocycles. The zero-order chi connectivity index (χ0) is 15.0. The van der Waals surface area contributed by atoms with Crippen LogP contribution >= 0.6 is 27.7 Å². The molecule has 7 heteroatoms. The molecule has 4 nitrogen and oxygen atoms in total. The standard InChI is InChI=1S/C13H21BrN2O2S2/c1-19-8-4-2-3-7-16-20(17,18)13-6-5-11(10-15)9-12(13)14/h5-6,9,16H,2-4,7-8,10,15H2,1H3. The Bertz CT molecular complexity index is 521. The Morgan fingerprint density at radius 2 is 2.05 bits per heavy atom. The largest absolute Gasteiger partial charge is 0.326 e. The molecule has 1 rings (SSSR count). The third kappa shape index (κ3) is 5.73. The molecule has 0 atom stereocenters. The van der Waals surface area contributed by atoms with E-state index in [0.29, 0.717) is 17.6 Å². The molecule has 0 fully saturated rings. The molecular weight excluding hydrogens is 360 g/mol. The molecule has 3 N–H and O–H groups in total. The van der Waals surface area contributed by atoms with E-state index in [-0.39, 0.29) is 4.90 Å². The Morgan fingerprint density at radius 1 is 1.30 bits per heavy atom. The maximum atomic E-state index is 12.2. The molecule has 0 bridgehead atoms. The topological polar surface area (TPSA) is 72.2 Å². The zero-order valence-electron chi connectivity index (χ0n) is 11.6. The summed E-state index contributed by atoms with van der Waals surface area (Å²) in [4.78, 5) is 0.263. The highest BCUT2D eigenvalue weighted by Crippen LogP contribution is 2.23. The highest BCUT2D eigenvalue weighted by molar-refractivity contribution is 9.10. The number of thioether (sulfide) groups is 1. The number of rotatable bonds is 9. The predicted octanol–water partition coefficient (Wildman–Crippen LogP) is 2.72. The minimum atomic E-state index is -3.45. The average Bonchev–Trinajstić information content (AvgIpc) is 2.42. The number of nitrogens with two attached hydrogens (primary N) is 1. The van der Waals surface area contributed by atoms with Gasteiger partial charge in [-0.05, 0) is 58.5 Å². The second-order valence-electron chi connectivity index (χ2n) is 4.42. The molecule has 0 aliphatic heterocycles. The van der Waals surface area contributed by atoms with Crippen molar-refractivity contribution in [3.63, 3.8) is 0 Å². The highest BCUT2D eigenvalue weighted by Gasteiger charge is 2.16. The number of sulfonamides is 1. The maximum absolute atomic E-state index is 12.2. The van der Waals surface area contributed by atoms with Gasteiger partial charge >= 0.3 is 0 Å². The summed E-state index contributed by atoms with van der Waals surface area (Å²) in [7, 11) is -3.45. The van der Waals surface area contributed by atoms with E-state index in [0.717, 1.165) is 30.6 Å². The summed E-state index contributed by atoms with van der Waals surface area (Å²) in [5, 5.41) is 0. The smallest absolute Gasteiger partial charge is 0.241 e. The van der Waals surface area contributed by atoms with Gasteiger partial charge in [-0.1, -0.05) is 12.5 Å². The van der Waals surface area contributed by atoms with Crippen LogP contribution in [-0.4, -0.2) is 27.0 Å². The lowest BCUT2D eigenvalue weighted by atomic mass is 10.2. The van der Waals surface area contributed by atoms with E-state index in [1.807, 2.05) is 11.8 Å². The predicted molar refractivity (Wildman–Crippen MR) is 89.5 cm³/mol. The van der Waals surface area contributed by atoms with Crippen LogP contribution in [0.1, 0.15) is 24.8 Å². The molecule has 1 aromatic rings. The average molecular weight is 381 g/mol. The van der Waals surface area contributed by atoms with Crippen LogP contribution in [0.15, 0.2) is 27.6 Å². The van der Waals surface area contributed by atoms with Crippen molar-refractivity contribution in [2.45, 2.75) is 30.7 Å². The summed E-state index contributed by atoms with van der Waals surface area (Å²) in [5.41, 5.74) is 6.42. The van der Waals surface area contributed by atoms with Crippen molar-refractivity contribution in [2.75, 3.05) is 18.6 Å². The second-order valence-corrected chi connectivity index (χ2v) is 8.00. The summed E-state index contributed by atoms with van der Waals surface area (Å²) in [5.74, 6) is 1.12. The number of hydrogen-bond acceptors (Lipinski definition) is 4. The molecule has 0 saturated heterocycles. The molecule has 0 aliphatic carbocycles. The van der Waals surface area contributed by atoms with Crippen LogP contribution < -0.4 is 10.5 Å². The molecule has 0 saturated carbocycles. The van der Waals surface area contributed by atoms with Gasteiger partial charge in [0.2, 0.25) is 10.0 Å². The van der Waals surface area contributed by atoms with Gasteiger partial charge in [0.05, 0.1) is 4.90 Å². The van der Waals surface area contributed by atoms with Crippen molar-refractivity contribution in [3.8, 4) is 0 Å².